The van der Waals surface area contributed by atoms with Gasteiger partial charge in [-0.25, -0.2) is 4.90 Å². The van der Waals surface area contributed by atoms with E-state index < -0.39 is 0 Å². The van der Waals surface area contributed by atoms with Gasteiger partial charge in [0.2, 0.25) is 0 Å². The Morgan fingerprint density at radius 3 is 2.13 bits per heavy atom. The molecule has 0 aliphatic carbocycles. The van der Waals surface area contributed by atoms with Crippen LogP contribution in [0.5, 0.6) is 0 Å². The first-order chi connectivity index (χ1) is 14.8. The molecule has 31 heavy (non-hydrogen) atoms. The van der Waals surface area contributed by atoms with Crippen LogP contribution in [0.2, 0.25) is 5.02 Å². The fourth-order valence-corrected chi connectivity index (χ4v) is 3.84. The van der Waals surface area contributed by atoms with Gasteiger partial charge in [-0.05, 0) is 73.7 Å². The van der Waals surface area contributed by atoms with E-state index in [9.17, 15) is 9.59 Å². The smallest absolute Gasteiger partial charge is 0.282 e. The molecular formula is C26H23ClN2O2. The summed E-state index contributed by atoms with van der Waals surface area (Å²) in [4.78, 5) is 28.3. The molecule has 0 radical (unpaired) electrons. The van der Waals surface area contributed by atoms with Crippen LogP contribution in [0.4, 0.5) is 11.4 Å². The standard InChI is InChI=1S/C26H23ClN2O2/c1-15-9-11-19(13-18(15)4)23-24(28-20-12-10-16(2)21(27)14-20)26(31)29(25(23)30)22-8-6-5-7-17(22)3/h5-14,28H,1-4H3. The molecule has 0 fully saturated rings. The van der Waals surface area contributed by atoms with Gasteiger partial charge in [0.05, 0.1) is 11.3 Å². The van der Waals surface area contributed by atoms with E-state index in [-0.39, 0.29) is 17.5 Å². The van der Waals surface area contributed by atoms with Gasteiger partial charge in [-0.1, -0.05) is 54.1 Å². The maximum atomic E-state index is 13.6. The average Bonchev–Trinajstić information content (AvgIpc) is 2.97. The number of hydrogen-bond donors (Lipinski definition) is 1. The van der Waals surface area contributed by atoms with E-state index in [1.807, 2.05) is 76.2 Å². The van der Waals surface area contributed by atoms with E-state index in [1.54, 1.807) is 12.1 Å². The Morgan fingerprint density at radius 2 is 1.45 bits per heavy atom. The van der Waals surface area contributed by atoms with Crippen LogP contribution >= 0.6 is 11.6 Å². The Balaban J connectivity index is 1.87. The van der Waals surface area contributed by atoms with E-state index in [2.05, 4.69) is 5.32 Å². The molecule has 0 saturated carbocycles. The zero-order valence-corrected chi connectivity index (χ0v) is 18.7. The van der Waals surface area contributed by atoms with Crippen LogP contribution in [-0.4, -0.2) is 11.8 Å². The Kier molecular flexibility index (Phi) is 5.42. The number of hydrogen-bond acceptors (Lipinski definition) is 3. The SMILES string of the molecule is Cc1ccc(C2=C(Nc3ccc(C)c(Cl)c3)C(=O)N(c3ccccc3C)C2=O)cc1C. The molecule has 0 atom stereocenters. The van der Waals surface area contributed by atoms with Gasteiger partial charge in [0.1, 0.15) is 5.70 Å². The number of nitrogens with zero attached hydrogens (tertiary/aromatic N) is 1. The van der Waals surface area contributed by atoms with Crippen molar-refractivity contribution >= 4 is 40.4 Å². The maximum absolute atomic E-state index is 13.6. The summed E-state index contributed by atoms with van der Waals surface area (Å²) < 4.78 is 0. The number of benzene rings is 3. The Morgan fingerprint density at radius 1 is 0.742 bits per heavy atom. The number of anilines is 2. The average molecular weight is 431 g/mol. The lowest BCUT2D eigenvalue weighted by Gasteiger charge is -2.17. The predicted octanol–water partition coefficient (Wildman–Crippen LogP) is 5.97. The molecule has 5 heteroatoms. The van der Waals surface area contributed by atoms with Crippen LogP contribution in [0.1, 0.15) is 27.8 Å². The van der Waals surface area contributed by atoms with Crippen LogP contribution in [0.3, 0.4) is 0 Å². The van der Waals surface area contributed by atoms with Gasteiger partial charge in [-0.2, -0.15) is 0 Å². The Labute approximate surface area is 187 Å². The van der Waals surface area contributed by atoms with E-state index in [0.717, 1.165) is 22.3 Å². The fourth-order valence-electron chi connectivity index (χ4n) is 3.66. The highest BCUT2D eigenvalue weighted by atomic mass is 35.5. The molecule has 0 bridgehead atoms. The maximum Gasteiger partial charge on any atom is 0.282 e. The van der Waals surface area contributed by atoms with Gasteiger partial charge < -0.3 is 5.32 Å². The highest BCUT2D eigenvalue weighted by Crippen LogP contribution is 2.36. The highest BCUT2D eigenvalue weighted by Gasteiger charge is 2.40. The molecule has 1 N–H and O–H groups in total. The third-order valence-corrected chi connectivity index (χ3v) is 6.08. The van der Waals surface area contributed by atoms with Crippen LogP contribution in [0.15, 0.2) is 66.4 Å². The van der Waals surface area contributed by atoms with Crippen molar-refractivity contribution in [3.63, 3.8) is 0 Å². The molecule has 0 unspecified atom stereocenters. The number of carbonyl (C=O) groups excluding carboxylic acids is 2. The molecule has 1 aliphatic rings. The lowest BCUT2D eigenvalue weighted by molar-refractivity contribution is -0.120. The molecule has 0 saturated heterocycles. The summed E-state index contributed by atoms with van der Waals surface area (Å²) >= 11 is 6.28. The monoisotopic (exact) mass is 430 g/mol. The van der Waals surface area contributed by atoms with Crippen molar-refractivity contribution in [3.05, 3.63) is 99.2 Å². The third kappa shape index (κ3) is 3.75. The van der Waals surface area contributed by atoms with Crippen molar-refractivity contribution < 1.29 is 9.59 Å². The summed E-state index contributed by atoms with van der Waals surface area (Å²) in [5, 5.41) is 3.76. The number of amides is 2. The molecule has 1 heterocycles. The van der Waals surface area contributed by atoms with Crippen LogP contribution in [0.25, 0.3) is 5.57 Å². The lowest BCUT2D eigenvalue weighted by Crippen LogP contribution is -2.33. The van der Waals surface area contributed by atoms with Gasteiger partial charge >= 0.3 is 0 Å². The van der Waals surface area contributed by atoms with Crippen molar-refractivity contribution in [1.29, 1.82) is 0 Å². The lowest BCUT2D eigenvalue weighted by atomic mass is 9.99. The van der Waals surface area contributed by atoms with Crippen molar-refractivity contribution in [3.8, 4) is 0 Å². The van der Waals surface area contributed by atoms with Crippen LogP contribution in [-0.2, 0) is 9.59 Å². The first kappa shape index (κ1) is 20.9. The zero-order valence-electron chi connectivity index (χ0n) is 17.9. The second-order valence-corrected chi connectivity index (χ2v) is 8.28. The minimum Gasteiger partial charge on any atom is -0.350 e. The van der Waals surface area contributed by atoms with Gasteiger partial charge in [-0.3, -0.25) is 9.59 Å². The van der Waals surface area contributed by atoms with Crippen molar-refractivity contribution in [2.45, 2.75) is 27.7 Å². The number of halogens is 1. The summed E-state index contributed by atoms with van der Waals surface area (Å²) in [6.07, 6.45) is 0. The van der Waals surface area contributed by atoms with E-state index in [0.29, 0.717) is 27.5 Å². The number of aryl methyl sites for hydroxylation is 4. The largest absolute Gasteiger partial charge is 0.350 e. The number of rotatable bonds is 4. The molecular weight excluding hydrogens is 408 g/mol. The molecule has 0 spiro atoms. The number of nitrogens with one attached hydrogen (secondary N) is 1. The molecule has 1 aliphatic heterocycles. The van der Waals surface area contributed by atoms with Crippen molar-refractivity contribution in [1.82, 2.24) is 0 Å². The molecule has 156 valence electrons. The normalized spacial score (nSPS) is 13.9. The molecule has 2 amide bonds. The Bertz CT molecular complexity index is 1260. The molecule has 4 rings (SSSR count). The summed E-state index contributed by atoms with van der Waals surface area (Å²) in [5.74, 6) is -0.729. The van der Waals surface area contributed by atoms with Crippen molar-refractivity contribution in [2.24, 2.45) is 0 Å². The molecule has 3 aromatic carbocycles. The molecule has 3 aromatic rings. The summed E-state index contributed by atoms with van der Waals surface area (Å²) in [6, 6.07) is 18.7. The minimum absolute atomic E-state index is 0.247. The summed E-state index contributed by atoms with van der Waals surface area (Å²) in [5.41, 5.74) is 6.50. The first-order valence-electron chi connectivity index (χ1n) is 10.1. The van der Waals surface area contributed by atoms with Crippen LogP contribution in [0, 0.1) is 27.7 Å². The van der Waals surface area contributed by atoms with E-state index in [4.69, 9.17) is 11.6 Å². The van der Waals surface area contributed by atoms with Gasteiger partial charge in [0, 0.05) is 10.7 Å². The molecule has 0 aromatic heterocycles. The summed E-state index contributed by atoms with van der Waals surface area (Å²) in [6.45, 7) is 7.81. The fraction of sp³-hybridized carbons (Fsp3) is 0.154. The quantitative estimate of drug-likeness (QED) is 0.518. The Hall–Kier alpha value is -3.37. The van der Waals surface area contributed by atoms with Crippen molar-refractivity contribution in [2.75, 3.05) is 10.2 Å². The van der Waals surface area contributed by atoms with Gasteiger partial charge in [0.15, 0.2) is 0 Å². The second-order valence-electron chi connectivity index (χ2n) is 7.87. The predicted molar refractivity (Wildman–Crippen MR) is 126 cm³/mol. The van der Waals surface area contributed by atoms with E-state index in [1.165, 1.54) is 4.90 Å². The summed E-state index contributed by atoms with van der Waals surface area (Å²) in [7, 11) is 0. The number of imide groups is 1. The molecule has 4 nitrogen and oxygen atoms in total. The topological polar surface area (TPSA) is 49.4 Å². The minimum atomic E-state index is -0.385. The number of carbonyl (C=O) groups is 2. The zero-order chi connectivity index (χ0) is 22.3. The first-order valence-corrected chi connectivity index (χ1v) is 10.4. The van der Waals surface area contributed by atoms with E-state index >= 15 is 0 Å². The third-order valence-electron chi connectivity index (χ3n) is 5.68. The number of para-hydroxylation sites is 1. The highest BCUT2D eigenvalue weighted by molar-refractivity contribution is 6.46. The van der Waals surface area contributed by atoms with Crippen LogP contribution < -0.4 is 10.2 Å². The van der Waals surface area contributed by atoms with Gasteiger partial charge in [0.25, 0.3) is 11.8 Å². The second kappa shape index (κ2) is 8.05. The van der Waals surface area contributed by atoms with Gasteiger partial charge in [-0.15, -0.1) is 0 Å².